The Labute approximate surface area is 81.9 Å². The Morgan fingerprint density at radius 1 is 1.33 bits per heavy atom. The first kappa shape index (κ1) is 12.3. The van der Waals surface area contributed by atoms with E-state index in [2.05, 4.69) is 29.8 Å². The first-order valence-electron chi connectivity index (χ1n) is 4.30. The highest BCUT2D eigenvalue weighted by atomic mass is 79.9. The van der Waals surface area contributed by atoms with E-state index in [0.717, 1.165) is 12.3 Å². The molecule has 12 heavy (non-hydrogen) atoms. The fraction of sp³-hybridized carbons (Fsp3) is 1.00. The van der Waals surface area contributed by atoms with E-state index in [9.17, 15) is 8.78 Å². The van der Waals surface area contributed by atoms with Crippen LogP contribution in [0.4, 0.5) is 8.78 Å². The Bertz CT molecular complexity index is 118. The zero-order valence-electron chi connectivity index (χ0n) is 7.91. The Hall–Kier alpha value is 0.340. The van der Waals surface area contributed by atoms with E-state index >= 15 is 0 Å². The third-order valence-electron chi connectivity index (χ3n) is 2.10. The molecule has 0 aliphatic carbocycles. The molecule has 0 heterocycles. The summed E-state index contributed by atoms with van der Waals surface area (Å²) in [5.74, 6) is -1.66. The molecule has 74 valence electrons. The number of hydrogen-bond donors (Lipinski definition) is 0. The van der Waals surface area contributed by atoms with Gasteiger partial charge in [0.2, 0.25) is 5.92 Å². The number of hydrogen-bond acceptors (Lipinski definition) is 0. The summed E-state index contributed by atoms with van der Waals surface area (Å²) < 4.78 is 24.9. The van der Waals surface area contributed by atoms with Crippen LogP contribution < -0.4 is 0 Å². The summed E-state index contributed by atoms with van der Waals surface area (Å²) in [7, 11) is 0. The van der Waals surface area contributed by atoms with E-state index in [0.29, 0.717) is 18.3 Å². The maximum atomic E-state index is 12.5. The van der Waals surface area contributed by atoms with Crippen molar-refractivity contribution in [3.8, 4) is 0 Å². The van der Waals surface area contributed by atoms with Gasteiger partial charge in [0.25, 0.3) is 0 Å². The molecule has 0 N–H and O–H groups in total. The molecule has 0 aromatic heterocycles. The van der Waals surface area contributed by atoms with Crippen molar-refractivity contribution >= 4 is 15.9 Å². The third kappa shape index (κ3) is 5.92. The molecule has 0 bridgehead atoms. The van der Waals surface area contributed by atoms with Crippen LogP contribution in [-0.2, 0) is 0 Å². The molecule has 0 spiro atoms. The van der Waals surface area contributed by atoms with E-state index in [1.54, 1.807) is 0 Å². The van der Waals surface area contributed by atoms with Gasteiger partial charge < -0.3 is 0 Å². The summed E-state index contributed by atoms with van der Waals surface area (Å²) in [5.41, 5.74) is 0. The molecule has 3 heteroatoms. The van der Waals surface area contributed by atoms with Gasteiger partial charge in [-0.1, -0.05) is 29.8 Å². The minimum atomic E-state index is -2.50. The van der Waals surface area contributed by atoms with Gasteiger partial charge in [0.1, 0.15) is 0 Å². The van der Waals surface area contributed by atoms with E-state index < -0.39 is 5.92 Å². The molecule has 0 aliphatic rings. The lowest BCUT2D eigenvalue weighted by atomic mass is 9.92. The second-order valence-corrected chi connectivity index (χ2v) is 4.41. The zero-order valence-corrected chi connectivity index (χ0v) is 9.50. The molecule has 0 amide bonds. The SMILES string of the molecule is CC(C)C(CBr)CCC(C)(F)F. The molecular formula is C9H17BrF2. The first-order chi connectivity index (χ1) is 5.37. The van der Waals surface area contributed by atoms with Gasteiger partial charge >= 0.3 is 0 Å². The van der Waals surface area contributed by atoms with Gasteiger partial charge in [-0.15, -0.1) is 0 Å². The van der Waals surface area contributed by atoms with Crippen LogP contribution in [0.3, 0.4) is 0 Å². The summed E-state index contributed by atoms with van der Waals surface area (Å²) in [6.45, 7) is 5.12. The van der Waals surface area contributed by atoms with Crippen LogP contribution in [0.1, 0.15) is 33.6 Å². The second-order valence-electron chi connectivity index (χ2n) is 3.77. The van der Waals surface area contributed by atoms with Crippen molar-refractivity contribution in [1.82, 2.24) is 0 Å². The molecule has 0 aromatic rings. The lowest BCUT2D eigenvalue weighted by Gasteiger charge is -2.19. The van der Waals surface area contributed by atoms with E-state index in [1.165, 1.54) is 0 Å². The quantitative estimate of drug-likeness (QED) is 0.638. The minimum Gasteiger partial charge on any atom is -0.207 e. The van der Waals surface area contributed by atoms with E-state index in [-0.39, 0.29) is 6.42 Å². The Kier molecular flexibility index (Phi) is 5.30. The maximum absolute atomic E-state index is 12.5. The third-order valence-corrected chi connectivity index (χ3v) is 2.93. The van der Waals surface area contributed by atoms with Gasteiger partial charge in [0, 0.05) is 11.8 Å². The molecular weight excluding hydrogens is 226 g/mol. The van der Waals surface area contributed by atoms with E-state index in [1.807, 2.05) is 0 Å². The van der Waals surface area contributed by atoms with Crippen molar-refractivity contribution in [2.75, 3.05) is 5.33 Å². The fourth-order valence-corrected chi connectivity index (χ4v) is 2.10. The summed E-state index contributed by atoms with van der Waals surface area (Å²) in [4.78, 5) is 0. The van der Waals surface area contributed by atoms with Crippen molar-refractivity contribution in [2.45, 2.75) is 39.5 Å². The van der Waals surface area contributed by atoms with Gasteiger partial charge in [0.15, 0.2) is 0 Å². The zero-order chi connectivity index (χ0) is 9.78. The topological polar surface area (TPSA) is 0 Å². The monoisotopic (exact) mass is 242 g/mol. The molecule has 0 nitrogen and oxygen atoms in total. The molecule has 0 saturated carbocycles. The van der Waals surface area contributed by atoms with Crippen LogP contribution >= 0.6 is 15.9 Å². The second kappa shape index (κ2) is 5.15. The molecule has 0 aliphatic heterocycles. The highest BCUT2D eigenvalue weighted by molar-refractivity contribution is 9.09. The molecule has 1 atom stereocenters. The van der Waals surface area contributed by atoms with Crippen molar-refractivity contribution in [3.63, 3.8) is 0 Å². The summed E-state index contributed by atoms with van der Waals surface area (Å²) in [6.07, 6.45) is 0.605. The number of rotatable bonds is 5. The molecule has 0 radical (unpaired) electrons. The first-order valence-corrected chi connectivity index (χ1v) is 5.42. The summed E-state index contributed by atoms with van der Waals surface area (Å²) in [6, 6.07) is 0. The van der Waals surface area contributed by atoms with Gasteiger partial charge in [-0.05, 0) is 25.2 Å². The predicted octanol–water partition coefficient (Wildman–Crippen LogP) is 4.09. The fourth-order valence-electron chi connectivity index (χ4n) is 1.03. The van der Waals surface area contributed by atoms with Gasteiger partial charge in [-0.3, -0.25) is 0 Å². The lowest BCUT2D eigenvalue weighted by Crippen LogP contribution is -2.16. The summed E-state index contributed by atoms with van der Waals surface area (Å²) >= 11 is 3.34. The van der Waals surface area contributed by atoms with Crippen LogP contribution in [0.15, 0.2) is 0 Å². The Morgan fingerprint density at radius 2 is 1.83 bits per heavy atom. The van der Waals surface area contributed by atoms with Crippen LogP contribution in [0.25, 0.3) is 0 Å². The van der Waals surface area contributed by atoms with E-state index in [4.69, 9.17) is 0 Å². The lowest BCUT2D eigenvalue weighted by molar-refractivity contribution is 0.00588. The van der Waals surface area contributed by atoms with Crippen LogP contribution in [0.5, 0.6) is 0 Å². The average molecular weight is 243 g/mol. The van der Waals surface area contributed by atoms with Gasteiger partial charge in [-0.2, -0.15) is 0 Å². The average Bonchev–Trinajstić information content (AvgIpc) is 1.85. The normalized spacial score (nSPS) is 15.2. The predicted molar refractivity (Wildman–Crippen MR) is 52.0 cm³/mol. The highest BCUT2D eigenvalue weighted by Crippen LogP contribution is 2.26. The highest BCUT2D eigenvalue weighted by Gasteiger charge is 2.23. The molecule has 0 rings (SSSR count). The maximum Gasteiger partial charge on any atom is 0.245 e. The molecule has 0 aromatic carbocycles. The largest absolute Gasteiger partial charge is 0.245 e. The Balaban J connectivity index is 3.73. The van der Waals surface area contributed by atoms with Crippen LogP contribution in [0, 0.1) is 11.8 Å². The van der Waals surface area contributed by atoms with Crippen molar-refractivity contribution in [2.24, 2.45) is 11.8 Å². The molecule has 1 unspecified atom stereocenters. The number of halogens is 3. The van der Waals surface area contributed by atoms with Gasteiger partial charge in [0.05, 0.1) is 0 Å². The van der Waals surface area contributed by atoms with Crippen molar-refractivity contribution < 1.29 is 8.78 Å². The smallest absolute Gasteiger partial charge is 0.207 e. The molecule has 0 fully saturated rings. The Morgan fingerprint density at radius 3 is 2.08 bits per heavy atom. The summed E-state index contributed by atoms with van der Waals surface area (Å²) in [5, 5.41) is 0.820. The van der Waals surface area contributed by atoms with Crippen molar-refractivity contribution in [1.29, 1.82) is 0 Å². The van der Waals surface area contributed by atoms with Crippen molar-refractivity contribution in [3.05, 3.63) is 0 Å². The minimum absolute atomic E-state index is 0.00144. The van der Waals surface area contributed by atoms with Crippen LogP contribution in [-0.4, -0.2) is 11.3 Å². The van der Waals surface area contributed by atoms with Crippen LogP contribution in [0.2, 0.25) is 0 Å². The van der Waals surface area contributed by atoms with Gasteiger partial charge in [-0.25, -0.2) is 8.78 Å². The number of alkyl halides is 3. The standard InChI is InChI=1S/C9H17BrF2/c1-7(2)8(6-10)4-5-9(3,11)12/h7-8H,4-6H2,1-3H3. The molecule has 0 saturated heterocycles.